The number of aromatic nitrogens is 2. The molecule has 8 heteroatoms. The monoisotopic (exact) mass is 457 g/mol. The van der Waals surface area contributed by atoms with Crippen LogP contribution in [-0.4, -0.2) is 42.1 Å². The van der Waals surface area contributed by atoms with Gasteiger partial charge in [0.05, 0.1) is 31.1 Å². The highest BCUT2D eigenvalue weighted by Crippen LogP contribution is 2.14. The summed E-state index contributed by atoms with van der Waals surface area (Å²) in [4.78, 5) is 4.32. The molecule has 0 bridgehead atoms. The van der Waals surface area contributed by atoms with Crippen LogP contribution in [0.15, 0.2) is 41.5 Å². The Morgan fingerprint density at radius 2 is 2.20 bits per heavy atom. The highest BCUT2D eigenvalue weighted by atomic mass is 127. The Labute approximate surface area is 164 Å². The Morgan fingerprint density at radius 1 is 1.40 bits per heavy atom. The lowest BCUT2D eigenvalue weighted by Gasteiger charge is -2.10. The Morgan fingerprint density at radius 3 is 2.88 bits per heavy atom. The molecule has 0 spiro atoms. The third kappa shape index (κ3) is 5.60. The van der Waals surface area contributed by atoms with E-state index in [0.29, 0.717) is 19.0 Å². The van der Waals surface area contributed by atoms with Crippen LogP contribution in [0.4, 0.5) is 0 Å². The SMILES string of the molecule is COc1ccc(-n2ccc(CN=C(N)NCC3CCCO3)n2)cc1.I. The van der Waals surface area contributed by atoms with Crippen LogP contribution < -0.4 is 15.8 Å². The molecule has 1 aromatic heterocycles. The zero-order chi connectivity index (χ0) is 16.8. The second-order valence-corrected chi connectivity index (χ2v) is 5.67. The number of nitrogens with one attached hydrogen (secondary N) is 1. The summed E-state index contributed by atoms with van der Waals surface area (Å²) < 4.78 is 12.5. The highest BCUT2D eigenvalue weighted by Gasteiger charge is 2.14. The number of nitrogens with two attached hydrogens (primary N) is 1. The van der Waals surface area contributed by atoms with Gasteiger partial charge >= 0.3 is 0 Å². The smallest absolute Gasteiger partial charge is 0.189 e. The molecule has 1 aliphatic rings. The van der Waals surface area contributed by atoms with Crippen molar-refractivity contribution in [3.63, 3.8) is 0 Å². The zero-order valence-corrected chi connectivity index (χ0v) is 16.6. The Bertz CT molecular complexity index is 681. The molecule has 0 amide bonds. The molecule has 7 nitrogen and oxygen atoms in total. The van der Waals surface area contributed by atoms with Gasteiger partial charge in [0.2, 0.25) is 0 Å². The van der Waals surface area contributed by atoms with E-state index >= 15 is 0 Å². The van der Waals surface area contributed by atoms with Crippen molar-refractivity contribution in [2.45, 2.75) is 25.5 Å². The summed E-state index contributed by atoms with van der Waals surface area (Å²) in [5.74, 6) is 1.24. The van der Waals surface area contributed by atoms with E-state index in [0.717, 1.165) is 36.6 Å². The molecule has 2 aromatic rings. The van der Waals surface area contributed by atoms with Gasteiger partial charge in [-0.1, -0.05) is 0 Å². The number of guanidine groups is 1. The molecule has 1 fully saturated rings. The van der Waals surface area contributed by atoms with Crippen molar-refractivity contribution < 1.29 is 9.47 Å². The predicted molar refractivity (Wildman–Crippen MR) is 108 cm³/mol. The normalized spacial score (nSPS) is 17.2. The van der Waals surface area contributed by atoms with Crippen LogP contribution >= 0.6 is 24.0 Å². The molecule has 136 valence electrons. The van der Waals surface area contributed by atoms with Crippen molar-refractivity contribution >= 4 is 29.9 Å². The van der Waals surface area contributed by atoms with Crippen molar-refractivity contribution in [2.24, 2.45) is 10.7 Å². The third-order valence-electron chi connectivity index (χ3n) is 3.93. The molecule has 3 N–H and O–H groups in total. The van der Waals surface area contributed by atoms with Crippen molar-refractivity contribution in [3.8, 4) is 11.4 Å². The molecule has 0 aliphatic carbocycles. The quantitative estimate of drug-likeness (QED) is 0.394. The van der Waals surface area contributed by atoms with E-state index in [-0.39, 0.29) is 30.1 Å². The van der Waals surface area contributed by atoms with Crippen molar-refractivity contribution in [1.29, 1.82) is 0 Å². The van der Waals surface area contributed by atoms with Crippen LogP contribution in [-0.2, 0) is 11.3 Å². The number of nitrogens with zero attached hydrogens (tertiary/aromatic N) is 3. The van der Waals surface area contributed by atoms with E-state index in [1.165, 1.54) is 0 Å². The minimum Gasteiger partial charge on any atom is -0.497 e. The number of aliphatic imine (C=N–C) groups is 1. The minimum absolute atomic E-state index is 0. The van der Waals surface area contributed by atoms with Gasteiger partial charge in [-0.3, -0.25) is 0 Å². The van der Waals surface area contributed by atoms with Crippen molar-refractivity contribution in [1.82, 2.24) is 15.1 Å². The fourth-order valence-corrected chi connectivity index (χ4v) is 2.57. The lowest BCUT2D eigenvalue weighted by atomic mass is 10.2. The lowest BCUT2D eigenvalue weighted by Crippen LogP contribution is -2.37. The Kier molecular flexibility index (Phi) is 7.51. The van der Waals surface area contributed by atoms with Gasteiger partial charge in [-0.05, 0) is 43.2 Å². The number of halogens is 1. The van der Waals surface area contributed by atoms with Gasteiger partial charge in [-0.25, -0.2) is 9.67 Å². The number of rotatable bonds is 6. The van der Waals surface area contributed by atoms with Gasteiger partial charge in [0, 0.05) is 19.3 Å². The van der Waals surface area contributed by atoms with Crippen LogP contribution in [0.5, 0.6) is 5.75 Å². The molecule has 1 saturated heterocycles. The van der Waals surface area contributed by atoms with E-state index in [9.17, 15) is 0 Å². The summed E-state index contributed by atoms with van der Waals surface area (Å²) in [6.07, 6.45) is 4.34. The molecule has 0 saturated carbocycles. The fourth-order valence-electron chi connectivity index (χ4n) is 2.57. The van der Waals surface area contributed by atoms with E-state index < -0.39 is 0 Å². The molecule has 3 rings (SSSR count). The summed E-state index contributed by atoms with van der Waals surface area (Å²) in [6.45, 7) is 1.98. The van der Waals surface area contributed by atoms with E-state index in [1.54, 1.807) is 11.8 Å². The molecular formula is C17H24IN5O2. The first-order chi connectivity index (χ1) is 11.7. The summed E-state index contributed by atoms with van der Waals surface area (Å²) in [5.41, 5.74) is 7.71. The maximum atomic E-state index is 5.88. The van der Waals surface area contributed by atoms with E-state index in [1.807, 2.05) is 36.5 Å². The molecule has 1 aliphatic heterocycles. The minimum atomic E-state index is 0. The van der Waals surface area contributed by atoms with Crippen LogP contribution in [0.3, 0.4) is 0 Å². The van der Waals surface area contributed by atoms with Crippen molar-refractivity contribution in [3.05, 3.63) is 42.2 Å². The molecule has 0 radical (unpaired) electrons. The summed E-state index contributed by atoms with van der Waals surface area (Å²) in [6, 6.07) is 9.65. The number of ether oxygens (including phenoxy) is 2. The number of benzene rings is 1. The van der Waals surface area contributed by atoms with Gasteiger partial charge in [-0.15, -0.1) is 24.0 Å². The number of hydrogen-bond acceptors (Lipinski definition) is 4. The average molecular weight is 457 g/mol. The maximum absolute atomic E-state index is 5.88. The van der Waals surface area contributed by atoms with E-state index in [4.69, 9.17) is 15.2 Å². The second kappa shape index (κ2) is 9.62. The lowest BCUT2D eigenvalue weighted by molar-refractivity contribution is 0.114. The predicted octanol–water partition coefficient (Wildman–Crippen LogP) is 2.08. The second-order valence-electron chi connectivity index (χ2n) is 5.67. The molecule has 1 unspecified atom stereocenters. The average Bonchev–Trinajstić information content (AvgIpc) is 3.30. The Balaban J connectivity index is 0.00000225. The Hall–Kier alpha value is -1.81. The summed E-state index contributed by atoms with van der Waals surface area (Å²) >= 11 is 0. The molecule has 2 heterocycles. The topological polar surface area (TPSA) is 86.7 Å². The van der Waals surface area contributed by atoms with Crippen LogP contribution in [0.2, 0.25) is 0 Å². The standard InChI is InChI=1S/C17H23N5O2.HI/c1-23-15-6-4-14(5-7-15)22-9-8-13(21-22)11-19-17(18)20-12-16-3-2-10-24-16;/h4-9,16H,2-3,10-12H2,1H3,(H3,18,19,20);1H. The maximum Gasteiger partial charge on any atom is 0.189 e. The van der Waals surface area contributed by atoms with Gasteiger partial charge in [0.25, 0.3) is 0 Å². The van der Waals surface area contributed by atoms with Gasteiger partial charge in [0.15, 0.2) is 5.96 Å². The van der Waals surface area contributed by atoms with Crippen molar-refractivity contribution in [2.75, 3.05) is 20.3 Å². The summed E-state index contributed by atoms with van der Waals surface area (Å²) in [5, 5.41) is 7.61. The van der Waals surface area contributed by atoms with Gasteiger partial charge < -0.3 is 20.5 Å². The van der Waals surface area contributed by atoms with Gasteiger partial charge in [0.1, 0.15) is 5.75 Å². The molecule has 25 heavy (non-hydrogen) atoms. The molecular weight excluding hydrogens is 433 g/mol. The van der Waals surface area contributed by atoms with Crippen LogP contribution in [0.25, 0.3) is 5.69 Å². The first-order valence-electron chi connectivity index (χ1n) is 8.09. The molecule has 1 aromatic carbocycles. The largest absolute Gasteiger partial charge is 0.497 e. The van der Waals surface area contributed by atoms with Crippen LogP contribution in [0, 0.1) is 0 Å². The number of methoxy groups -OCH3 is 1. The first-order valence-corrected chi connectivity index (χ1v) is 8.09. The van der Waals surface area contributed by atoms with E-state index in [2.05, 4.69) is 15.4 Å². The fraction of sp³-hybridized carbons (Fsp3) is 0.412. The zero-order valence-electron chi connectivity index (χ0n) is 14.2. The third-order valence-corrected chi connectivity index (χ3v) is 3.93. The molecule has 1 atom stereocenters. The van der Waals surface area contributed by atoms with Crippen LogP contribution in [0.1, 0.15) is 18.5 Å². The highest BCUT2D eigenvalue weighted by molar-refractivity contribution is 14.0. The summed E-state index contributed by atoms with van der Waals surface area (Å²) in [7, 11) is 1.65. The van der Waals surface area contributed by atoms with Gasteiger partial charge in [-0.2, -0.15) is 5.10 Å². The first kappa shape index (κ1) is 19.5. The number of hydrogen-bond donors (Lipinski definition) is 2.